The Kier molecular flexibility index (Phi) is 5.72. The van der Waals surface area contributed by atoms with Gasteiger partial charge in [-0.05, 0) is 40.4 Å². The molecule has 0 aliphatic carbocycles. The van der Waals surface area contributed by atoms with Crippen LogP contribution in [0.5, 0.6) is 0 Å². The van der Waals surface area contributed by atoms with Crippen LogP contribution in [0.25, 0.3) is 6.08 Å². The van der Waals surface area contributed by atoms with Crippen LogP contribution in [-0.2, 0) is 33.1 Å². The molecule has 0 amide bonds. The number of carbonyl (C=O) groups excluding carboxylic acids is 1. The first kappa shape index (κ1) is 17.0. The Bertz CT molecular complexity index is 803. The Morgan fingerprint density at radius 3 is 3.00 bits per heavy atom. The number of hydrogen-bond donors (Lipinski definition) is 0. The Hall–Kier alpha value is -2.38. The molecule has 0 aliphatic rings. The summed E-state index contributed by atoms with van der Waals surface area (Å²) in [6, 6.07) is 3.59. The monoisotopic (exact) mass is 351 g/mol. The molecule has 2 aromatic heterocycles. The number of tetrazole rings is 1. The van der Waals surface area contributed by atoms with E-state index in [2.05, 4.69) is 15.5 Å². The van der Waals surface area contributed by atoms with E-state index in [0.717, 1.165) is 5.56 Å². The maximum Gasteiger partial charge on any atom is 0.348 e. The fraction of sp³-hybridized carbons (Fsp3) is 0.308. The molecule has 0 spiro atoms. The average molecular weight is 351 g/mol. The number of ether oxygens (including phenoxy) is 1. The molecule has 1 atom stereocenters. The zero-order valence-corrected chi connectivity index (χ0v) is 14.1. The Labute approximate surface area is 138 Å². The van der Waals surface area contributed by atoms with Crippen molar-refractivity contribution in [3.8, 4) is 6.07 Å². The van der Waals surface area contributed by atoms with Crippen molar-refractivity contribution >= 4 is 34.2 Å². The van der Waals surface area contributed by atoms with Crippen molar-refractivity contribution in [1.29, 1.82) is 5.26 Å². The lowest BCUT2D eigenvalue weighted by Gasteiger charge is -1.98. The van der Waals surface area contributed by atoms with Gasteiger partial charge >= 0.3 is 5.97 Å². The molecular formula is C13H13N5O3S2. The minimum atomic E-state index is -1.37. The van der Waals surface area contributed by atoms with Gasteiger partial charge in [0, 0.05) is 11.9 Å². The first-order valence-electron chi connectivity index (χ1n) is 6.52. The van der Waals surface area contributed by atoms with E-state index in [-0.39, 0.29) is 23.1 Å². The van der Waals surface area contributed by atoms with E-state index in [1.807, 2.05) is 11.4 Å². The second kappa shape index (κ2) is 7.75. The molecule has 8 nitrogen and oxygen atoms in total. The minimum absolute atomic E-state index is 0.0705. The van der Waals surface area contributed by atoms with Crippen LogP contribution in [0.1, 0.15) is 17.4 Å². The maximum absolute atomic E-state index is 12.2. The number of nitrogens with zero attached hydrogens (tertiary/aromatic N) is 5. The molecule has 2 heterocycles. The topological polar surface area (TPSA) is 111 Å². The predicted octanol–water partition coefficient (Wildman–Crippen LogP) is 1.05. The summed E-state index contributed by atoms with van der Waals surface area (Å²) >= 11 is 1.34. The van der Waals surface area contributed by atoms with Crippen molar-refractivity contribution in [2.75, 3.05) is 6.61 Å². The van der Waals surface area contributed by atoms with Crippen LogP contribution in [0.2, 0.25) is 0 Å². The third kappa shape index (κ3) is 4.30. The second-order valence-corrected chi connectivity index (χ2v) is 6.61. The molecule has 2 rings (SSSR count). The second-order valence-electron chi connectivity index (χ2n) is 4.32. The van der Waals surface area contributed by atoms with Crippen LogP contribution in [0.4, 0.5) is 0 Å². The third-order valence-electron chi connectivity index (χ3n) is 2.66. The van der Waals surface area contributed by atoms with Gasteiger partial charge in [-0.25, -0.2) is 9.48 Å². The standard InChI is InChI=1S/C13H13N5O3S2/c1-3-21-12(19)10(6-14)5-11-4-9(7-22-11)8-23(20)13-15-16-17-18(13)2/h4-5,7H,3,8H2,1-2H3/b10-5+/t23-/m0/s1. The summed E-state index contributed by atoms with van der Waals surface area (Å²) in [5, 5.41) is 21.9. The van der Waals surface area contributed by atoms with E-state index in [1.54, 1.807) is 20.0 Å². The summed E-state index contributed by atoms with van der Waals surface area (Å²) in [7, 11) is 0.247. The number of nitriles is 1. The molecular weight excluding hydrogens is 338 g/mol. The smallest absolute Gasteiger partial charge is 0.348 e. The van der Waals surface area contributed by atoms with Gasteiger partial charge in [-0.1, -0.05) is 5.10 Å². The van der Waals surface area contributed by atoms with Gasteiger partial charge in [0.25, 0.3) is 0 Å². The first-order chi connectivity index (χ1) is 11.0. The highest BCUT2D eigenvalue weighted by Gasteiger charge is 2.14. The molecule has 10 heteroatoms. The third-order valence-corrected chi connectivity index (χ3v) is 4.94. The van der Waals surface area contributed by atoms with Gasteiger partial charge in [-0.15, -0.1) is 11.3 Å². The number of aryl methyl sites for hydroxylation is 1. The fourth-order valence-electron chi connectivity index (χ4n) is 1.66. The Morgan fingerprint density at radius 1 is 1.61 bits per heavy atom. The van der Waals surface area contributed by atoms with Crippen LogP contribution < -0.4 is 0 Å². The largest absolute Gasteiger partial charge is 0.462 e. The summed E-state index contributed by atoms with van der Waals surface area (Å²) in [6.07, 6.45) is 1.46. The molecule has 2 aromatic rings. The van der Waals surface area contributed by atoms with Crippen molar-refractivity contribution in [3.63, 3.8) is 0 Å². The normalized spacial score (nSPS) is 12.7. The Morgan fingerprint density at radius 2 is 2.39 bits per heavy atom. The van der Waals surface area contributed by atoms with Crippen molar-refractivity contribution < 1.29 is 13.7 Å². The van der Waals surface area contributed by atoms with E-state index in [0.29, 0.717) is 4.88 Å². The quantitative estimate of drug-likeness (QED) is 0.434. The van der Waals surface area contributed by atoms with Crippen LogP contribution in [0.3, 0.4) is 0 Å². The molecule has 0 saturated carbocycles. The zero-order chi connectivity index (χ0) is 16.8. The molecule has 23 heavy (non-hydrogen) atoms. The van der Waals surface area contributed by atoms with Crippen LogP contribution >= 0.6 is 11.3 Å². The summed E-state index contributed by atoms with van der Waals surface area (Å²) in [6.45, 7) is 1.88. The molecule has 0 bridgehead atoms. The SMILES string of the molecule is CCOC(=O)/C(C#N)=C/c1cc(C[S@](=O)c2nnnn2C)cs1. The minimum Gasteiger partial charge on any atom is -0.462 e. The number of carbonyl (C=O) groups is 1. The fourth-order valence-corrected chi connectivity index (χ4v) is 3.67. The first-order valence-corrected chi connectivity index (χ1v) is 8.72. The lowest BCUT2D eigenvalue weighted by Crippen LogP contribution is -2.05. The zero-order valence-electron chi connectivity index (χ0n) is 12.4. The highest BCUT2D eigenvalue weighted by Crippen LogP contribution is 2.20. The van der Waals surface area contributed by atoms with Crippen LogP contribution in [0.15, 0.2) is 22.2 Å². The van der Waals surface area contributed by atoms with Gasteiger partial charge in [0.05, 0.1) is 23.2 Å². The lowest BCUT2D eigenvalue weighted by atomic mass is 10.2. The summed E-state index contributed by atoms with van der Waals surface area (Å²) in [5.74, 6) is -0.404. The molecule has 0 fully saturated rings. The van der Waals surface area contributed by atoms with Crippen molar-refractivity contribution in [3.05, 3.63) is 27.5 Å². The molecule has 0 radical (unpaired) electrons. The average Bonchev–Trinajstić information content (AvgIpc) is 3.13. The number of rotatable bonds is 6. The van der Waals surface area contributed by atoms with E-state index >= 15 is 0 Å². The van der Waals surface area contributed by atoms with Gasteiger partial charge in [0.15, 0.2) is 0 Å². The van der Waals surface area contributed by atoms with E-state index in [1.165, 1.54) is 22.1 Å². The Balaban J connectivity index is 2.12. The highest BCUT2D eigenvalue weighted by molar-refractivity contribution is 7.84. The van der Waals surface area contributed by atoms with Crippen molar-refractivity contribution in [1.82, 2.24) is 20.2 Å². The van der Waals surface area contributed by atoms with Gasteiger partial charge in [0.1, 0.15) is 11.6 Å². The number of aromatic nitrogens is 4. The lowest BCUT2D eigenvalue weighted by molar-refractivity contribution is -0.137. The molecule has 0 aliphatic heterocycles. The molecule has 0 unspecified atom stereocenters. The molecule has 0 N–H and O–H groups in total. The van der Waals surface area contributed by atoms with Crippen LogP contribution in [0, 0.1) is 11.3 Å². The molecule has 0 aromatic carbocycles. The van der Waals surface area contributed by atoms with Crippen LogP contribution in [-0.4, -0.2) is 37.0 Å². The van der Waals surface area contributed by atoms with E-state index < -0.39 is 16.8 Å². The number of hydrogen-bond acceptors (Lipinski definition) is 8. The van der Waals surface area contributed by atoms with Gasteiger partial charge in [0.2, 0.25) is 5.16 Å². The van der Waals surface area contributed by atoms with E-state index in [4.69, 9.17) is 10.00 Å². The van der Waals surface area contributed by atoms with Gasteiger partial charge in [-0.2, -0.15) is 5.26 Å². The van der Waals surface area contributed by atoms with E-state index in [9.17, 15) is 9.00 Å². The van der Waals surface area contributed by atoms with Crippen molar-refractivity contribution in [2.45, 2.75) is 17.8 Å². The molecule has 120 valence electrons. The predicted molar refractivity (Wildman–Crippen MR) is 83.5 cm³/mol. The summed E-state index contributed by atoms with van der Waals surface area (Å²) < 4.78 is 18.3. The summed E-state index contributed by atoms with van der Waals surface area (Å²) in [5.41, 5.74) is 0.739. The maximum atomic E-state index is 12.2. The van der Waals surface area contributed by atoms with Crippen molar-refractivity contribution in [2.24, 2.45) is 7.05 Å². The van der Waals surface area contributed by atoms with Gasteiger partial charge < -0.3 is 4.74 Å². The molecule has 0 saturated heterocycles. The number of esters is 1. The van der Waals surface area contributed by atoms with Gasteiger partial charge in [-0.3, -0.25) is 4.21 Å². The summed E-state index contributed by atoms with van der Waals surface area (Å²) in [4.78, 5) is 12.3. The number of thiophene rings is 1. The highest BCUT2D eigenvalue weighted by atomic mass is 32.2.